The van der Waals surface area contributed by atoms with Crippen molar-refractivity contribution in [2.45, 2.75) is 11.8 Å². The van der Waals surface area contributed by atoms with Crippen molar-refractivity contribution in [2.24, 2.45) is 0 Å². The summed E-state index contributed by atoms with van der Waals surface area (Å²) in [6.45, 7) is 1.63. The minimum absolute atomic E-state index is 0.0845. The molecule has 0 saturated carbocycles. The van der Waals surface area contributed by atoms with E-state index in [1.807, 2.05) is 0 Å². The van der Waals surface area contributed by atoms with Gasteiger partial charge in [0, 0.05) is 11.8 Å². The molecule has 0 N–H and O–H groups in total. The summed E-state index contributed by atoms with van der Waals surface area (Å²) in [7, 11) is -3.45. The number of halogens is 2. The van der Waals surface area contributed by atoms with Gasteiger partial charge in [-0.25, -0.2) is 8.42 Å². The van der Waals surface area contributed by atoms with Gasteiger partial charge in [-0.1, -0.05) is 11.6 Å². The number of aryl methyl sites for hydroxylation is 1. The molecule has 0 atom stereocenters. The van der Waals surface area contributed by atoms with E-state index in [1.165, 1.54) is 12.1 Å². The molecule has 0 heterocycles. The number of hydrogen-bond donors (Lipinski definition) is 0. The van der Waals surface area contributed by atoms with Crippen LogP contribution in [0.5, 0.6) is 0 Å². The Kier molecular flexibility index (Phi) is 3.43. The number of sulfone groups is 1. The van der Waals surface area contributed by atoms with Gasteiger partial charge in [0.05, 0.1) is 9.92 Å². The van der Waals surface area contributed by atoms with Crippen LogP contribution in [0.1, 0.15) is 15.9 Å². The molecule has 3 nitrogen and oxygen atoms in total. The molecule has 0 fully saturated rings. The molecule has 0 spiro atoms. The number of rotatable bonds is 2. The van der Waals surface area contributed by atoms with Crippen molar-refractivity contribution in [3.8, 4) is 0 Å². The van der Waals surface area contributed by atoms with Crippen LogP contribution in [0.2, 0.25) is 5.02 Å². The van der Waals surface area contributed by atoms with Crippen molar-refractivity contribution in [3.63, 3.8) is 0 Å². The second kappa shape index (κ2) is 4.12. The molecule has 0 bridgehead atoms. The summed E-state index contributed by atoms with van der Waals surface area (Å²) in [6, 6.07) is 2.61. The van der Waals surface area contributed by atoms with Crippen molar-refractivity contribution in [1.29, 1.82) is 0 Å². The van der Waals surface area contributed by atoms with E-state index in [9.17, 15) is 13.2 Å². The molecule has 1 aromatic rings. The highest BCUT2D eigenvalue weighted by atomic mass is 35.5. The molecule has 0 unspecified atom stereocenters. The van der Waals surface area contributed by atoms with Crippen LogP contribution < -0.4 is 0 Å². The normalized spacial score (nSPS) is 11.5. The second-order valence-corrected chi connectivity index (χ2v) is 5.88. The van der Waals surface area contributed by atoms with Gasteiger partial charge < -0.3 is 0 Å². The van der Waals surface area contributed by atoms with Crippen molar-refractivity contribution in [1.82, 2.24) is 0 Å². The van der Waals surface area contributed by atoms with Crippen LogP contribution in [-0.2, 0) is 9.84 Å². The molecule has 1 aromatic carbocycles. The third-order valence-corrected chi connectivity index (χ3v) is 3.66. The summed E-state index contributed by atoms with van der Waals surface area (Å²) in [5, 5.41) is -0.606. The predicted molar refractivity (Wildman–Crippen MR) is 59.5 cm³/mol. The van der Waals surface area contributed by atoms with E-state index in [0.29, 0.717) is 5.56 Å². The maximum Gasteiger partial charge on any atom is 0.252 e. The molecule has 15 heavy (non-hydrogen) atoms. The van der Waals surface area contributed by atoms with E-state index in [2.05, 4.69) is 0 Å². The fraction of sp³-hybridized carbons (Fsp3) is 0.222. The Balaban J connectivity index is 3.58. The fourth-order valence-corrected chi connectivity index (χ4v) is 2.74. The summed E-state index contributed by atoms with van der Waals surface area (Å²) in [6.07, 6.45) is 1.02. The smallest absolute Gasteiger partial charge is 0.252 e. The van der Waals surface area contributed by atoms with Gasteiger partial charge in [0.1, 0.15) is 0 Å². The van der Waals surface area contributed by atoms with Crippen LogP contribution in [-0.4, -0.2) is 19.9 Å². The Morgan fingerprint density at radius 2 is 1.87 bits per heavy atom. The zero-order valence-corrected chi connectivity index (χ0v) is 10.4. The van der Waals surface area contributed by atoms with Gasteiger partial charge in [0.25, 0.3) is 5.24 Å². The zero-order chi connectivity index (χ0) is 11.8. The first-order chi connectivity index (χ1) is 6.73. The van der Waals surface area contributed by atoms with Gasteiger partial charge in [0.15, 0.2) is 9.84 Å². The molecule has 0 radical (unpaired) electrons. The van der Waals surface area contributed by atoms with Crippen molar-refractivity contribution < 1.29 is 13.2 Å². The third-order valence-electron chi connectivity index (χ3n) is 1.89. The maximum atomic E-state index is 11.3. The number of hydrogen-bond acceptors (Lipinski definition) is 3. The molecule has 1 rings (SSSR count). The first-order valence-corrected chi connectivity index (χ1v) is 6.58. The van der Waals surface area contributed by atoms with Crippen LogP contribution in [0.15, 0.2) is 17.0 Å². The van der Waals surface area contributed by atoms with Gasteiger partial charge in [-0.3, -0.25) is 4.79 Å². The van der Waals surface area contributed by atoms with Crippen LogP contribution in [0, 0.1) is 6.92 Å². The highest BCUT2D eigenvalue weighted by Gasteiger charge is 2.17. The van der Waals surface area contributed by atoms with Crippen molar-refractivity contribution >= 4 is 38.3 Å². The highest BCUT2D eigenvalue weighted by Crippen LogP contribution is 2.26. The van der Waals surface area contributed by atoms with Crippen molar-refractivity contribution in [3.05, 3.63) is 28.3 Å². The Morgan fingerprint density at radius 1 is 1.33 bits per heavy atom. The van der Waals surface area contributed by atoms with E-state index in [-0.39, 0.29) is 15.5 Å². The largest absolute Gasteiger partial charge is 0.276 e. The number of benzene rings is 1. The lowest BCUT2D eigenvalue weighted by molar-refractivity contribution is 0.108. The first-order valence-electron chi connectivity index (χ1n) is 3.93. The molecule has 0 amide bonds. The number of carbonyl (C=O) groups excluding carboxylic acids is 1. The standard InChI is InChI=1S/C9H8Cl2O3S/c1-5-3-7(10)8(15(2,13)14)4-6(5)9(11)12/h3-4H,1-2H3. The molecule has 0 saturated heterocycles. The quantitative estimate of drug-likeness (QED) is 0.773. The molecule has 0 aromatic heterocycles. The minimum Gasteiger partial charge on any atom is -0.276 e. The summed E-state index contributed by atoms with van der Waals surface area (Å²) >= 11 is 11.1. The van der Waals surface area contributed by atoms with Gasteiger partial charge in [-0.15, -0.1) is 0 Å². The topological polar surface area (TPSA) is 51.2 Å². The van der Waals surface area contributed by atoms with Gasteiger partial charge in [-0.05, 0) is 36.2 Å². The summed E-state index contributed by atoms with van der Waals surface area (Å²) in [5.74, 6) is 0. The second-order valence-electron chi connectivity index (χ2n) is 3.14. The van der Waals surface area contributed by atoms with Crippen LogP contribution >= 0.6 is 23.2 Å². The lowest BCUT2D eigenvalue weighted by Gasteiger charge is -2.06. The maximum absolute atomic E-state index is 11.3. The Morgan fingerprint density at radius 3 is 2.27 bits per heavy atom. The van der Waals surface area contributed by atoms with Crippen LogP contribution in [0.4, 0.5) is 0 Å². The Bertz CT molecular complexity index is 520. The van der Waals surface area contributed by atoms with Crippen molar-refractivity contribution in [2.75, 3.05) is 6.26 Å². The lowest BCUT2D eigenvalue weighted by Crippen LogP contribution is -2.02. The van der Waals surface area contributed by atoms with E-state index in [4.69, 9.17) is 23.2 Å². The summed E-state index contributed by atoms with van der Waals surface area (Å²) in [5.41, 5.74) is 0.703. The molecule has 0 aliphatic rings. The summed E-state index contributed by atoms with van der Waals surface area (Å²) < 4.78 is 22.6. The van der Waals surface area contributed by atoms with E-state index in [0.717, 1.165) is 6.26 Å². The predicted octanol–water partition coefficient (Wildman–Crippen LogP) is 2.43. The average Bonchev–Trinajstić information content (AvgIpc) is 2.00. The average molecular weight is 267 g/mol. The minimum atomic E-state index is -3.45. The van der Waals surface area contributed by atoms with E-state index < -0.39 is 15.1 Å². The third kappa shape index (κ3) is 2.71. The summed E-state index contributed by atoms with van der Waals surface area (Å²) in [4.78, 5) is 10.9. The van der Waals surface area contributed by atoms with Crippen LogP contribution in [0.3, 0.4) is 0 Å². The SMILES string of the molecule is Cc1cc(Cl)c(S(C)(=O)=O)cc1C(=O)Cl. The monoisotopic (exact) mass is 266 g/mol. The highest BCUT2D eigenvalue weighted by molar-refractivity contribution is 7.90. The zero-order valence-electron chi connectivity index (χ0n) is 8.04. The van der Waals surface area contributed by atoms with E-state index >= 15 is 0 Å². The Labute approximate surface area is 97.9 Å². The molecule has 0 aliphatic heterocycles. The van der Waals surface area contributed by atoms with Gasteiger partial charge in [-0.2, -0.15) is 0 Å². The molecule has 0 aliphatic carbocycles. The van der Waals surface area contributed by atoms with Gasteiger partial charge in [0.2, 0.25) is 0 Å². The molecule has 6 heteroatoms. The Hall–Kier alpha value is -0.580. The number of carbonyl (C=O) groups is 1. The molecular weight excluding hydrogens is 259 g/mol. The van der Waals surface area contributed by atoms with E-state index in [1.54, 1.807) is 6.92 Å². The lowest BCUT2D eigenvalue weighted by atomic mass is 10.1. The van der Waals surface area contributed by atoms with Gasteiger partial charge >= 0.3 is 0 Å². The molecular formula is C9H8Cl2O3S. The fourth-order valence-electron chi connectivity index (χ4n) is 1.15. The van der Waals surface area contributed by atoms with Crippen LogP contribution in [0.25, 0.3) is 0 Å². The first kappa shape index (κ1) is 12.5. The molecule has 82 valence electrons.